The molecule has 15 heavy (non-hydrogen) atoms. The van der Waals surface area contributed by atoms with Gasteiger partial charge in [-0.1, -0.05) is 27.2 Å². The molecule has 0 saturated carbocycles. The molecule has 0 aromatic carbocycles. The van der Waals surface area contributed by atoms with E-state index in [0.29, 0.717) is 6.42 Å². The van der Waals surface area contributed by atoms with Crippen molar-refractivity contribution in [2.24, 2.45) is 0 Å². The lowest BCUT2D eigenvalue weighted by molar-refractivity contribution is -0.154. The Labute approximate surface area is 90.0 Å². The summed E-state index contributed by atoms with van der Waals surface area (Å²) in [4.78, 5) is 29.6. The second-order valence-corrected chi connectivity index (χ2v) is 5.32. The highest BCUT2D eigenvalue weighted by atomic mass is 31.2. The Bertz CT molecular complexity index is 259. The van der Waals surface area contributed by atoms with E-state index in [1.807, 2.05) is 0 Å². The Hall–Kier alpha value is -0.380. The van der Waals surface area contributed by atoms with Gasteiger partial charge in [0.1, 0.15) is 0 Å². The van der Waals surface area contributed by atoms with Crippen molar-refractivity contribution in [2.45, 2.75) is 51.8 Å². The van der Waals surface area contributed by atoms with E-state index in [4.69, 9.17) is 4.74 Å². The van der Waals surface area contributed by atoms with Gasteiger partial charge in [0.05, 0.1) is 0 Å². The fraction of sp³-hybridized carbons (Fsp3) is 0.889. The van der Waals surface area contributed by atoms with Crippen LogP contribution in [0.15, 0.2) is 0 Å². The third kappa shape index (κ3) is 3.59. The van der Waals surface area contributed by atoms with E-state index in [-0.39, 0.29) is 19.3 Å². The maximum absolute atomic E-state index is 11.3. The van der Waals surface area contributed by atoms with Crippen LogP contribution >= 0.6 is 7.60 Å². The van der Waals surface area contributed by atoms with Crippen LogP contribution in [0.1, 0.15) is 46.5 Å². The molecule has 0 aliphatic carbocycles. The lowest BCUT2D eigenvalue weighted by atomic mass is 10.1. The molecule has 0 spiro atoms. The molecule has 0 aromatic rings. The van der Waals surface area contributed by atoms with Gasteiger partial charge in [0, 0.05) is 6.42 Å². The molecular weight excluding hydrogens is 219 g/mol. The Morgan fingerprint density at radius 3 is 2.13 bits per heavy atom. The summed E-state index contributed by atoms with van der Waals surface area (Å²) < 4.78 is 16.3. The quantitative estimate of drug-likeness (QED) is 0.546. The highest BCUT2D eigenvalue weighted by Crippen LogP contribution is 2.55. The highest BCUT2D eigenvalue weighted by molar-refractivity contribution is 7.53. The Kier molecular flexibility index (Phi) is 5.49. The van der Waals surface area contributed by atoms with Gasteiger partial charge in [-0.15, -0.1) is 0 Å². The van der Waals surface area contributed by atoms with Crippen LogP contribution in [0.3, 0.4) is 0 Å². The van der Waals surface area contributed by atoms with Gasteiger partial charge in [0.25, 0.3) is 0 Å². The van der Waals surface area contributed by atoms with Crippen LogP contribution in [0.2, 0.25) is 0 Å². The summed E-state index contributed by atoms with van der Waals surface area (Å²) in [5, 5.41) is -1.63. The molecule has 0 amide bonds. The van der Waals surface area contributed by atoms with Gasteiger partial charge < -0.3 is 14.5 Å². The number of carbonyl (C=O) groups is 1. The predicted octanol–water partition coefficient (Wildman–Crippen LogP) is 2.02. The molecule has 0 saturated heterocycles. The van der Waals surface area contributed by atoms with E-state index in [1.54, 1.807) is 20.8 Å². The molecule has 0 aliphatic rings. The third-order valence-corrected chi connectivity index (χ3v) is 4.01. The maximum atomic E-state index is 11.3. The average molecular weight is 238 g/mol. The van der Waals surface area contributed by atoms with Crippen LogP contribution in [0, 0.1) is 0 Å². The third-order valence-electron chi connectivity index (χ3n) is 2.32. The zero-order valence-electron chi connectivity index (χ0n) is 9.39. The second-order valence-electron chi connectivity index (χ2n) is 3.42. The van der Waals surface area contributed by atoms with Crippen molar-refractivity contribution >= 4 is 13.6 Å². The molecule has 0 bridgehead atoms. The van der Waals surface area contributed by atoms with Crippen molar-refractivity contribution in [3.63, 3.8) is 0 Å². The molecule has 1 unspecified atom stereocenters. The first-order valence-electron chi connectivity index (χ1n) is 5.10. The molecule has 0 rings (SSSR count). The smallest absolute Gasteiger partial charge is 0.368 e. The minimum Gasteiger partial charge on any atom is -0.446 e. The van der Waals surface area contributed by atoms with Gasteiger partial charge >= 0.3 is 13.6 Å². The summed E-state index contributed by atoms with van der Waals surface area (Å²) in [6, 6.07) is 0. The number of esters is 1. The van der Waals surface area contributed by atoms with Gasteiger partial charge in [-0.05, 0) is 12.8 Å². The van der Waals surface area contributed by atoms with Gasteiger partial charge in [-0.2, -0.15) is 0 Å². The van der Waals surface area contributed by atoms with E-state index in [0.717, 1.165) is 0 Å². The average Bonchev–Trinajstić information content (AvgIpc) is 2.15. The van der Waals surface area contributed by atoms with Crippen molar-refractivity contribution in [1.82, 2.24) is 0 Å². The molecule has 0 radical (unpaired) electrons. The SMILES string of the molecule is CCCC(CC)(OC(=O)CC)P(=O)(O)O. The Morgan fingerprint density at radius 1 is 1.33 bits per heavy atom. The van der Waals surface area contributed by atoms with E-state index in [1.165, 1.54) is 0 Å². The van der Waals surface area contributed by atoms with Crippen molar-refractivity contribution in [3.8, 4) is 0 Å². The Balaban J connectivity index is 4.98. The standard InChI is InChI=1S/C9H19O5P/c1-4-7-9(6-3,15(11,12)13)14-8(10)5-2/h4-7H2,1-3H3,(H2,11,12,13). The number of carbonyl (C=O) groups excluding carboxylic acids is 1. The molecule has 2 N–H and O–H groups in total. The topological polar surface area (TPSA) is 83.8 Å². The van der Waals surface area contributed by atoms with Gasteiger partial charge in [-0.3, -0.25) is 9.36 Å². The van der Waals surface area contributed by atoms with Crippen molar-refractivity contribution in [2.75, 3.05) is 0 Å². The summed E-state index contributed by atoms with van der Waals surface area (Å²) in [6.07, 6.45) is 0.970. The number of hydrogen-bond donors (Lipinski definition) is 2. The minimum atomic E-state index is -4.43. The van der Waals surface area contributed by atoms with E-state index in [9.17, 15) is 19.1 Å². The predicted molar refractivity (Wildman–Crippen MR) is 56.4 cm³/mol. The summed E-state index contributed by atoms with van der Waals surface area (Å²) in [7, 11) is -4.43. The van der Waals surface area contributed by atoms with Crippen molar-refractivity contribution in [3.05, 3.63) is 0 Å². The van der Waals surface area contributed by atoms with Gasteiger partial charge in [0.15, 0.2) is 0 Å². The molecule has 0 aliphatic heterocycles. The Morgan fingerprint density at radius 2 is 1.87 bits per heavy atom. The summed E-state index contributed by atoms with van der Waals surface area (Å²) >= 11 is 0. The fourth-order valence-corrected chi connectivity index (χ4v) is 2.53. The first-order chi connectivity index (χ1) is 6.83. The monoisotopic (exact) mass is 238 g/mol. The van der Waals surface area contributed by atoms with Crippen LogP contribution in [0.5, 0.6) is 0 Å². The lowest BCUT2D eigenvalue weighted by Crippen LogP contribution is -2.34. The molecule has 1 atom stereocenters. The minimum absolute atomic E-state index is 0.117. The first-order valence-corrected chi connectivity index (χ1v) is 6.71. The van der Waals surface area contributed by atoms with Crippen molar-refractivity contribution < 1.29 is 23.9 Å². The molecule has 5 nitrogen and oxygen atoms in total. The normalized spacial score (nSPS) is 15.8. The van der Waals surface area contributed by atoms with E-state index < -0.39 is 18.9 Å². The number of rotatable bonds is 6. The summed E-state index contributed by atoms with van der Waals surface area (Å²) in [6.45, 7) is 4.99. The van der Waals surface area contributed by atoms with Crippen LogP contribution in [-0.2, 0) is 14.1 Å². The molecular formula is C9H19O5P. The summed E-state index contributed by atoms with van der Waals surface area (Å²) in [5.74, 6) is -0.575. The zero-order chi connectivity index (χ0) is 12.1. The van der Waals surface area contributed by atoms with E-state index >= 15 is 0 Å². The van der Waals surface area contributed by atoms with Crippen molar-refractivity contribution in [1.29, 1.82) is 0 Å². The lowest BCUT2D eigenvalue weighted by Gasteiger charge is -2.32. The number of hydrogen-bond acceptors (Lipinski definition) is 3. The summed E-state index contributed by atoms with van der Waals surface area (Å²) in [5.41, 5.74) is 0. The molecule has 6 heteroatoms. The largest absolute Gasteiger partial charge is 0.446 e. The molecule has 0 fully saturated rings. The highest BCUT2D eigenvalue weighted by Gasteiger charge is 2.48. The molecule has 0 aromatic heterocycles. The van der Waals surface area contributed by atoms with Crippen LogP contribution in [-0.4, -0.2) is 21.1 Å². The van der Waals surface area contributed by atoms with Gasteiger partial charge in [0.2, 0.25) is 5.34 Å². The number of ether oxygens (including phenoxy) is 1. The molecule has 0 heterocycles. The zero-order valence-corrected chi connectivity index (χ0v) is 10.3. The van der Waals surface area contributed by atoms with Gasteiger partial charge in [-0.25, -0.2) is 0 Å². The van der Waals surface area contributed by atoms with E-state index in [2.05, 4.69) is 0 Å². The molecule has 90 valence electrons. The van der Waals surface area contributed by atoms with Crippen LogP contribution in [0.4, 0.5) is 0 Å². The first kappa shape index (κ1) is 14.6. The fourth-order valence-electron chi connectivity index (χ4n) is 1.39. The van der Waals surface area contributed by atoms with Crippen LogP contribution < -0.4 is 0 Å². The van der Waals surface area contributed by atoms with Crippen LogP contribution in [0.25, 0.3) is 0 Å². The second kappa shape index (κ2) is 5.64. The maximum Gasteiger partial charge on any atom is 0.368 e.